The van der Waals surface area contributed by atoms with Crippen molar-refractivity contribution < 1.29 is 4.79 Å². The lowest BCUT2D eigenvalue weighted by Crippen LogP contribution is -2.33. The average molecular weight is 353 g/mol. The first kappa shape index (κ1) is 16.1. The zero-order valence-electron chi connectivity index (χ0n) is 13.8. The molecule has 0 spiro atoms. The SMILES string of the molecule is O=C(CSc1ncnc2c1cnn2-c1ccccc1)NCC1CCC1. The predicted octanol–water partition coefficient (Wildman–Crippen LogP) is 2.82. The van der Waals surface area contributed by atoms with Crippen LogP contribution in [-0.2, 0) is 4.79 Å². The van der Waals surface area contributed by atoms with E-state index in [0.717, 1.165) is 28.3 Å². The fourth-order valence-electron chi connectivity index (χ4n) is 2.84. The number of nitrogens with zero attached hydrogens (tertiary/aromatic N) is 4. The molecule has 25 heavy (non-hydrogen) atoms. The van der Waals surface area contributed by atoms with Gasteiger partial charge in [0.05, 0.1) is 23.0 Å². The van der Waals surface area contributed by atoms with Crippen molar-refractivity contribution in [3.63, 3.8) is 0 Å². The first-order valence-corrected chi connectivity index (χ1v) is 9.43. The maximum atomic E-state index is 12.0. The number of aromatic nitrogens is 4. The van der Waals surface area contributed by atoms with E-state index < -0.39 is 0 Å². The lowest BCUT2D eigenvalue weighted by atomic mass is 9.85. The summed E-state index contributed by atoms with van der Waals surface area (Å²) in [5.41, 5.74) is 1.70. The van der Waals surface area contributed by atoms with Gasteiger partial charge >= 0.3 is 0 Å². The van der Waals surface area contributed by atoms with E-state index in [1.165, 1.54) is 37.4 Å². The van der Waals surface area contributed by atoms with E-state index in [9.17, 15) is 4.79 Å². The van der Waals surface area contributed by atoms with E-state index in [1.807, 2.05) is 30.3 Å². The summed E-state index contributed by atoms with van der Waals surface area (Å²) in [5.74, 6) is 1.08. The lowest BCUT2D eigenvalue weighted by molar-refractivity contribution is -0.118. The highest BCUT2D eigenvalue weighted by Gasteiger charge is 2.18. The quantitative estimate of drug-likeness (QED) is 0.545. The molecule has 0 radical (unpaired) electrons. The fourth-order valence-corrected chi connectivity index (χ4v) is 3.63. The van der Waals surface area contributed by atoms with Gasteiger partial charge in [-0.25, -0.2) is 14.6 Å². The van der Waals surface area contributed by atoms with Crippen LogP contribution >= 0.6 is 11.8 Å². The summed E-state index contributed by atoms with van der Waals surface area (Å²) in [5, 5.41) is 9.09. The Morgan fingerprint density at radius 2 is 2.08 bits per heavy atom. The number of hydrogen-bond acceptors (Lipinski definition) is 5. The molecule has 6 nitrogen and oxygen atoms in total. The molecule has 0 bridgehead atoms. The molecule has 0 saturated heterocycles. The molecule has 0 unspecified atom stereocenters. The predicted molar refractivity (Wildman–Crippen MR) is 97.7 cm³/mol. The molecule has 4 rings (SSSR count). The van der Waals surface area contributed by atoms with E-state index in [2.05, 4.69) is 20.4 Å². The van der Waals surface area contributed by atoms with Crippen LogP contribution in [0.3, 0.4) is 0 Å². The second-order valence-corrected chi connectivity index (χ2v) is 7.16. The molecule has 0 aliphatic heterocycles. The van der Waals surface area contributed by atoms with Crippen molar-refractivity contribution in [1.29, 1.82) is 0 Å². The van der Waals surface area contributed by atoms with Crippen LogP contribution in [0.25, 0.3) is 16.7 Å². The van der Waals surface area contributed by atoms with Gasteiger partial charge < -0.3 is 5.32 Å². The maximum absolute atomic E-state index is 12.0. The number of nitrogens with one attached hydrogen (secondary N) is 1. The Hall–Kier alpha value is -2.41. The molecule has 2 aromatic heterocycles. The van der Waals surface area contributed by atoms with Crippen molar-refractivity contribution >= 4 is 28.7 Å². The van der Waals surface area contributed by atoms with Crippen molar-refractivity contribution in [3.05, 3.63) is 42.9 Å². The van der Waals surface area contributed by atoms with E-state index in [0.29, 0.717) is 11.7 Å². The summed E-state index contributed by atoms with van der Waals surface area (Å²) in [6.45, 7) is 0.796. The minimum Gasteiger partial charge on any atom is -0.355 e. The van der Waals surface area contributed by atoms with Gasteiger partial charge in [0, 0.05) is 6.54 Å². The molecule has 7 heteroatoms. The Kier molecular flexibility index (Phi) is 4.65. The molecule has 1 aromatic carbocycles. The van der Waals surface area contributed by atoms with Crippen LogP contribution < -0.4 is 5.32 Å². The molecular formula is C18H19N5OS. The molecular weight excluding hydrogens is 334 g/mol. The number of amides is 1. The van der Waals surface area contributed by atoms with E-state index >= 15 is 0 Å². The number of carbonyl (C=O) groups excluding carboxylic acids is 1. The van der Waals surface area contributed by atoms with E-state index in [1.54, 1.807) is 10.9 Å². The Labute approximate surface area is 150 Å². The third-order valence-electron chi connectivity index (χ3n) is 4.48. The highest BCUT2D eigenvalue weighted by molar-refractivity contribution is 8.00. The minimum atomic E-state index is 0.0547. The lowest BCUT2D eigenvalue weighted by Gasteiger charge is -2.25. The van der Waals surface area contributed by atoms with Crippen LogP contribution in [0, 0.1) is 5.92 Å². The van der Waals surface area contributed by atoms with Crippen molar-refractivity contribution in [2.45, 2.75) is 24.3 Å². The number of thioether (sulfide) groups is 1. The number of carbonyl (C=O) groups is 1. The zero-order valence-corrected chi connectivity index (χ0v) is 14.6. The number of para-hydroxylation sites is 1. The summed E-state index contributed by atoms with van der Waals surface area (Å²) in [6.07, 6.45) is 7.05. The summed E-state index contributed by atoms with van der Waals surface area (Å²) >= 11 is 1.43. The fraction of sp³-hybridized carbons (Fsp3) is 0.333. The highest BCUT2D eigenvalue weighted by Crippen LogP contribution is 2.26. The monoisotopic (exact) mass is 353 g/mol. The number of benzene rings is 1. The van der Waals surface area contributed by atoms with Gasteiger partial charge in [0.15, 0.2) is 5.65 Å². The van der Waals surface area contributed by atoms with Crippen molar-refractivity contribution in [2.24, 2.45) is 5.92 Å². The Balaban J connectivity index is 1.47. The van der Waals surface area contributed by atoms with Crippen LogP contribution in [0.15, 0.2) is 47.9 Å². The highest BCUT2D eigenvalue weighted by atomic mass is 32.2. The molecule has 128 valence electrons. The Bertz CT molecular complexity index is 876. The number of hydrogen-bond donors (Lipinski definition) is 1. The van der Waals surface area contributed by atoms with Gasteiger partial charge in [-0.3, -0.25) is 4.79 Å². The van der Waals surface area contributed by atoms with Crippen LogP contribution in [0.4, 0.5) is 0 Å². The van der Waals surface area contributed by atoms with Crippen LogP contribution in [0.2, 0.25) is 0 Å². The molecule has 3 aromatic rings. The van der Waals surface area contributed by atoms with Crippen LogP contribution in [0.5, 0.6) is 0 Å². The van der Waals surface area contributed by atoms with Gasteiger partial charge in [-0.15, -0.1) is 0 Å². The summed E-state index contributed by atoms with van der Waals surface area (Å²) in [7, 11) is 0. The molecule has 1 fully saturated rings. The van der Waals surface area contributed by atoms with Gasteiger partial charge in [-0.2, -0.15) is 5.10 Å². The number of rotatable bonds is 6. The van der Waals surface area contributed by atoms with E-state index in [-0.39, 0.29) is 5.91 Å². The minimum absolute atomic E-state index is 0.0547. The standard InChI is InChI=1S/C18H19N5OS/c24-16(19-9-13-5-4-6-13)11-25-18-15-10-22-23(17(15)20-12-21-18)14-7-2-1-3-8-14/h1-3,7-8,10,12-13H,4-6,9,11H2,(H,19,24). The molecule has 1 aliphatic carbocycles. The first-order chi connectivity index (χ1) is 12.3. The topological polar surface area (TPSA) is 72.7 Å². The van der Waals surface area contributed by atoms with Gasteiger partial charge in [0.25, 0.3) is 0 Å². The third-order valence-corrected chi connectivity index (χ3v) is 5.49. The molecule has 2 heterocycles. The smallest absolute Gasteiger partial charge is 0.230 e. The molecule has 1 amide bonds. The van der Waals surface area contributed by atoms with E-state index in [4.69, 9.17) is 0 Å². The number of fused-ring (bicyclic) bond motifs is 1. The van der Waals surface area contributed by atoms with Gasteiger partial charge in [0.1, 0.15) is 11.4 Å². The second kappa shape index (κ2) is 7.23. The Morgan fingerprint density at radius 1 is 1.24 bits per heavy atom. The maximum Gasteiger partial charge on any atom is 0.230 e. The summed E-state index contributed by atoms with van der Waals surface area (Å²) < 4.78 is 1.79. The molecule has 1 N–H and O–H groups in total. The summed E-state index contributed by atoms with van der Waals surface area (Å²) in [4.78, 5) is 20.7. The Morgan fingerprint density at radius 3 is 2.84 bits per heavy atom. The van der Waals surface area contributed by atoms with Gasteiger partial charge in [-0.05, 0) is 30.9 Å². The van der Waals surface area contributed by atoms with Crippen LogP contribution in [-0.4, -0.2) is 38.0 Å². The largest absolute Gasteiger partial charge is 0.355 e. The second-order valence-electron chi connectivity index (χ2n) is 6.20. The molecule has 1 aliphatic rings. The first-order valence-electron chi connectivity index (χ1n) is 8.45. The molecule has 0 atom stereocenters. The van der Waals surface area contributed by atoms with Gasteiger partial charge in [-0.1, -0.05) is 36.4 Å². The summed E-state index contributed by atoms with van der Waals surface area (Å²) in [6, 6.07) is 9.86. The van der Waals surface area contributed by atoms with Gasteiger partial charge in [0.2, 0.25) is 5.91 Å². The van der Waals surface area contributed by atoms with Crippen molar-refractivity contribution in [3.8, 4) is 5.69 Å². The van der Waals surface area contributed by atoms with Crippen molar-refractivity contribution in [1.82, 2.24) is 25.1 Å². The van der Waals surface area contributed by atoms with Crippen LogP contribution in [0.1, 0.15) is 19.3 Å². The third kappa shape index (κ3) is 3.51. The van der Waals surface area contributed by atoms with Crippen molar-refractivity contribution in [2.75, 3.05) is 12.3 Å². The molecule has 1 saturated carbocycles. The zero-order chi connectivity index (χ0) is 17.1. The normalized spacial score (nSPS) is 14.4. The average Bonchev–Trinajstić information content (AvgIpc) is 3.04.